The van der Waals surface area contributed by atoms with Gasteiger partial charge in [-0.1, -0.05) is 30.3 Å². The molecule has 5 nitrogen and oxygen atoms in total. The molecule has 4 aromatic rings. The van der Waals surface area contributed by atoms with Crippen LogP contribution in [0.3, 0.4) is 0 Å². The van der Waals surface area contributed by atoms with Gasteiger partial charge in [0.15, 0.2) is 5.82 Å². The van der Waals surface area contributed by atoms with E-state index >= 15 is 0 Å². The Kier molecular flexibility index (Phi) is 3.96. The van der Waals surface area contributed by atoms with E-state index in [4.69, 9.17) is 4.98 Å². The highest BCUT2D eigenvalue weighted by atomic mass is 16.3. The van der Waals surface area contributed by atoms with Crippen LogP contribution in [-0.2, 0) is 6.54 Å². The van der Waals surface area contributed by atoms with Gasteiger partial charge in [0.1, 0.15) is 5.75 Å². The van der Waals surface area contributed by atoms with Crippen molar-refractivity contribution in [3.05, 3.63) is 84.8 Å². The number of pyridine rings is 1. The highest BCUT2D eigenvalue weighted by molar-refractivity contribution is 5.77. The first kappa shape index (κ1) is 15.1. The minimum atomic E-state index is 0.188. The second-order valence-electron chi connectivity index (χ2n) is 5.61. The SMILES string of the molecule is Oc1ccccc1N(Cc1ccccn1)c1cnc2ccccc2n1. The number of phenols is 1. The molecule has 0 spiro atoms. The Morgan fingerprint density at radius 1 is 0.800 bits per heavy atom. The summed E-state index contributed by atoms with van der Waals surface area (Å²) in [6, 6.07) is 20.7. The van der Waals surface area contributed by atoms with Crippen molar-refractivity contribution in [1.82, 2.24) is 15.0 Å². The average molecular weight is 328 g/mol. The lowest BCUT2D eigenvalue weighted by Crippen LogP contribution is -2.19. The van der Waals surface area contributed by atoms with Gasteiger partial charge in [-0.05, 0) is 36.4 Å². The molecule has 0 aliphatic carbocycles. The number of benzene rings is 2. The predicted molar refractivity (Wildman–Crippen MR) is 97.7 cm³/mol. The molecule has 1 N–H and O–H groups in total. The van der Waals surface area contributed by atoms with Crippen molar-refractivity contribution in [2.24, 2.45) is 0 Å². The molecule has 0 radical (unpaired) electrons. The molecular formula is C20H16N4O. The number of fused-ring (bicyclic) bond motifs is 1. The second-order valence-corrected chi connectivity index (χ2v) is 5.61. The monoisotopic (exact) mass is 328 g/mol. The summed E-state index contributed by atoms with van der Waals surface area (Å²) in [5.74, 6) is 0.847. The zero-order valence-corrected chi connectivity index (χ0v) is 13.4. The number of hydrogen-bond donors (Lipinski definition) is 1. The molecule has 5 heteroatoms. The van der Waals surface area contributed by atoms with Crippen LogP contribution in [0.4, 0.5) is 11.5 Å². The molecule has 2 aromatic heterocycles. The summed E-state index contributed by atoms with van der Waals surface area (Å²) in [6.07, 6.45) is 3.47. The van der Waals surface area contributed by atoms with Gasteiger partial charge in [-0.15, -0.1) is 0 Å². The van der Waals surface area contributed by atoms with Gasteiger partial charge in [-0.3, -0.25) is 9.97 Å². The molecule has 0 bridgehead atoms. The quantitative estimate of drug-likeness (QED) is 0.612. The largest absolute Gasteiger partial charge is 0.506 e. The lowest BCUT2D eigenvalue weighted by atomic mass is 10.2. The van der Waals surface area contributed by atoms with Crippen LogP contribution in [0.5, 0.6) is 5.75 Å². The third-order valence-electron chi connectivity index (χ3n) is 3.93. The van der Waals surface area contributed by atoms with E-state index in [1.807, 2.05) is 59.5 Å². The van der Waals surface area contributed by atoms with Crippen LogP contribution in [0.1, 0.15) is 5.69 Å². The number of rotatable bonds is 4. The van der Waals surface area contributed by atoms with Gasteiger partial charge in [-0.2, -0.15) is 0 Å². The fourth-order valence-electron chi connectivity index (χ4n) is 2.71. The van der Waals surface area contributed by atoms with Crippen molar-refractivity contribution in [3.8, 4) is 5.75 Å². The maximum absolute atomic E-state index is 10.3. The third kappa shape index (κ3) is 3.12. The molecule has 0 aliphatic heterocycles. The number of nitrogens with zero attached hydrogens (tertiary/aromatic N) is 4. The zero-order chi connectivity index (χ0) is 17.1. The first-order valence-electron chi connectivity index (χ1n) is 7.98. The maximum Gasteiger partial charge on any atom is 0.152 e. The number of phenolic OH excluding ortho intramolecular Hbond substituents is 1. The van der Waals surface area contributed by atoms with Gasteiger partial charge in [0.25, 0.3) is 0 Å². The average Bonchev–Trinajstić information content (AvgIpc) is 2.67. The first-order chi connectivity index (χ1) is 12.3. The normalized spacial score (nSPS) is 10.7. The van der Waals surface area contributed by atoms with E-state index < -0.39 is 0 Å². The Labute approximate surface area is 145 Å². The third-order valence-corrected chi connectivity index (χ3v) is 3.93. The van der Waals surface area contributed by atoms with Crippen LogP contribution in [0.25, 0.3) is 11.0 Å². The van der Waals surface area contributed by atoms with Crippen molar-refractivity contribution < 1.29 is 5.11 Å². The Morgan fingerprint density at radius 2 is 1.56 bits per heavy atom. The minimum absolute atomic E-state index is 0.188. The molecule has 0 atom stereocenters. The molecule has 25 heavy (non-hydrogen) atoms. The summed E-state index contributed by atoms with van der Waals surface area (Å²) >= 11 is 0. The summed E-state index contributed by atoms with van der Waals surface area (Å²) in [5.41, 5.74) is 3.18. The van der Waals surface area contributed by atoms with Gasteiger partial charge in [0.05, 0.1) is 35.2 Å². The summed E-state index contributed by atoms with van der Waals surface area (Å²) in [6.45, 7) is 0.478. The molecule has 0 fully saturated rings. The standard InChI is InChI=1S/C20H16N4O/c25-19-11-4-3-10-18(19)24(14-15-7-5-6-12-21-15)20-13-22-16-8-1-2-9-17(16)23-20/h1-13,25H,14H2. The minimum Gasteiger partial charge on any atom is -0.506 e. The number of aromatic hydroxyl groups is 1. The van der Waals surface area contributed by atoms with E-state index in [0.717, 1.165) is 16.7 Å². The summed E-state index contributed by atoms with van der Waals surface area (Å²) in [7, 11) is 0. The molecule has 0 amide bonds. The molecule has 2 heterocycles. The van der Waals surface area contributed by atoms with Crippen LogP contribution in [0.15, 0.2) is 79.1 Å². The van der Waals surface area contributed by atoms with Crippen molar-refractivity contribution >= 4 is 22.5 Å². The van der Waals surface area contributed by atoms with Gasteiger partial charge >= 0.3 is 0 Å². The van der Waals surface area contributed by atoms with Gasteiger partial charge < -0.3 is 10.0 Å². The molecule has 0 saturated heterocycles. The fourth-order valence-corrected chi connectivity index (χ4v) is 2.71. The topological polar surface area (TPSA) is 62.1 Å². The lowest BCUT2D eigenvalue weighted by molar-refractivity contribution is 0.475. The second kappa shape index (κ2) is 6.57. The van der Waals surface area contributed by atoms with E-state index in [0.29, 0.717) is 18.1 Å². The summed E-state index contributed by atoms with van der Waals surface area (Å²) < 4.78 is 0. The molecule has 0 unspecified atom stereocenters. The van der Waals surface area contributed by atoms with E-state index in [1.165, 1.54) is 0 Å². The Morgan fingerprint density at radius 3 is 2.36 bits per heavy atom. The lowest BCUT2D eigenvalue weighted by Gasteiger charge is -2.24. The van der Waals surface area contributed by atoms with Crippen LogP contribution < -0.4 is 4.90 Å². The van der Waals surface area contributed by atoms with Gasteiger partial charge in [0.2, 0.25) is 0 Å². The van der Waals surface area contributed by atoms with Crippen LogP contribution >= 0.6 is 0 Å². The highest BCUT2D eigenvalue weighted by Crippen LogP contribution is 2.33. The van der Waals surface area contributed by atoms with Crippen LogP contribution in [0.2, 0.25) is 0 Å². The van der Waals surface area contributed by atoms with Crippen molar-refractivity contribution in [2.75, 3.05) is 4.90 Å². The van der Waals surface area contributed by atoms with Crippen LogP contribution in [-0.4, -0.2) is 20.1 Å². The number of para-hydroxylation sites is 4. The van der Waals surface area contributed by atoms with E-state index in [9.17, 15) is 5.11 Å². The Hall–Kier alpha value is -3.47. The Balaban J connectivity index is 1.82. The van der Waals surface area contributed by atoms with E-state index in [2.05, 4.69) is 9.97 Å². The molecule has 0 aliphatic rings. The maximum atomic E-state index is 10.3. The van der Waals surface area contributed by atoms with E-state index in [-0.39, 0.29) is 5.75 Å². The predicted octanol–water partition coefficient (Wildman–Crippen LogP) is 4.07. The molecule has 0 saturated carbocycles. The first-order valence-corrected chi connectivity index (χ1v) is 7.98. The Bertz CT molecular complexity index is 1000. The van der Waals surface area contributed by atoms with Crippen molar-refractivity contribution in [1.29, 1.82) is 0 Å². The van der Waals surface area contributed by atoms with Crippen molar-refractivity contribution in [3.63, 3.8) is 0 Å². The smallest absolute Gasteiger partial charge is 0.152 e. The van der Waals surface area contributed by atoms with Gasteiger partial charge in [-0.25, -0.2) is 4.98 Å². The molecule has 4 rings (SSSR count). The summed E-state index contributed by atoms with van der Waals surface area (Å²) in [4.78, 5) is 15.5. The summed E-state index contributed by atoms with van der Waals surface area (Å²) in [5, 5.41) is 10.3. The number of aromatic nitrogens is 3. The molecular weight excluding hydrogens is 312 g/mol. The molecule has 122 valence electrons. The number of anilines is 2. The zero-order valence-electron chi connectivity index (χ0n) is 13.4. The number of hydrogen-bond acceptors (Lipinski definition) is 5. The highest BCUT2D eigenvalue weighted by Gasteiger charge is 2.16. The van der Waals surface area contributed by atoms with E-state index in [1.54, 1.807) is 24.5 Å². The fraction of sp³-hybridized carbons (Fsp3) is 0.0500. The molecule has 2 aromatic carbocycles. The van der Waals surface area contributed by atoms with Crippen LogP contribution in [0, 0.1) is 0 Å². The van der Waals surface area contributed by atoms with Gasteiger partial charge in [0, 0.05) is 6.20 Å². The van der Waals surface area contributed by atoms with Crippen molar-refractivity contribution in [2.45, 2.75) is 6.54 Å².